The zero-order chi connectivity index (χ0) is 8.81. The van der Waals surface area contributed by atoms with Gasteiger partial charge in [-0.05, 0) is 12.5 Å². The Bertz CT molecular complexity index is 235. The fourth-order valence-electron chi connectivity index (χ4n) is 1.19. The van der Waals surface area contributed by atoms with E-state index in [0.717, 1.165) is 6.54 Å². The summed E-state index contributed by atoms with van der Waals surface area (Å²) in [5.74, 6) is 0.342. The Morgan fingerprint density at radius 2 is 2.25 bits per heavy atom. The SMILES string of the molecule is CCCCC[n+]1cccc(O)c1. The van der Waals surface area contributed by atoms with E-state index < -0.39 is 0 Å². The van der Waals surface area contributed by atoms with Crippen molar-refractivity contribution in [3.05, 3.63) is 24.5 Å². The molecule has 0 saturated carbocycles. The number of nitrogens with zero attached hydrogens (tertiary/aromatic N) is 1. The zero-order valence-corrected chi connectivity index (χ0v) is 7.53. The summed E-state index contributed by atoms with van der Waals surface area (Å²) in [4.78, 5) is 0. The van der Waals surface area contributed by atoms with Crippen LogP contribution in [0.5, 0.6) is 5.75 Å². The summed E-state index contributed by atoms with van der Waals surface area (Å²) in [6.07, 6.45) is 7.41. The molecule has 0 amide bonds. The largest absolute Gasteiger partial charge is 0.503 e. The first kappa shape index (κ1) is 9.04. The maximum Gasteiger partial charge on any atom is 0.210 e. The maximum atomic E-state index is 9.15. The monoisotopic (exact) mass is 166 g/mol. The number of aromatic hydroxyl groups is 1. The Kier molecular flexibility index (Phi) is 3.58. The van der Waals surface area contributed by atoms with Crippen molar-refractivity contribution in [2.24, 2.45) is 0 Å². The molecule has 0 saturated heterocycles. The quantitative estimate of drug-likeness (QED) is 0.536. The van der Waals surface area contributed by atoms with Gasteiger partial charge in [-0.2, -0.15) is 0 Å². The normalized spacial score (nSPS) is 10.1. The number of aromatic nitrogens is 1. The van der Waals surface area contributed by atoms with Crippen molar-refractivity contribution in [2.75, 3.05) is 0 Å². The smallest absolute Gasteiger partial charge is 0.210 e. The molecule has 66 valence electrons. The summed E-state index contributed by atoms with van der Waals surface area (Å²) in [5, 5.41) is 9.15. The summed E-state index contributed by atoms with van der Waals surface area (Å²) in [6.45, 7) is 3.19. The van der Waals surface area contributed by atoms with E-state index in [9.17, 15) is 0 Å². The van der Waals surface area contributed by atoms with E-state index >= 15 is 0 Å². The van der Waals surface area contributed by atoms with Gasteiger partial charge in [-0.15, -0.1) is 0 Å². The van der Waals surface area contributed by atoms with E-state index in [0.29, 0.717) is 5.75 Å². The lowest BCUT2D eigenvalue weighted by molar-refractivity contribution is -0.697. The molecule has 0 aliphatic heterocycles. The molecule has 1 aromatic heterocycles. The molecule has 0 unspecified atom stereocenters. The zero-order valence-electron chi connectivity index (χ0n) is 7.53. The Balaban J connectivity index is 2.41. The topological polar surface area (TPSA) is 24.1 Å². The van der Waals surface area contributed by atoms with E-state index in [1.165, 1.54) is 19.3 Å². The first-order valence-corrected chi connectivity index (χ1v) is 4.51. The second kappa shape index (κ2) is 4.75. The van der Waals surface area contributed by atoms with Gasteiger partial charge in [-0.3, -0.25) is 0 Å². The molecular weight excluding hydrogens is 150 g/mol. The molecule has 0 spiro atoms. The van der Waals surface area contributed by atoms with Gasteiger partial charge in [0.2, 0.25) is 6.20 Å². The maximum absolute atomic E-state index is 9.15. The van der Waals surface area contributed by atoms with Crippen LogP contribution in [0.1, 0.15) is 26.2 Å². The fourth-order valence-corrected chi connectivity index (χ4v) is 1.19. The molecule has 1 aromatic rings. The van der Waals surface area contributed by atoms with Gasteiger partial charge < -0.3 is 5.11 Å². The van der Waals surface area contributed by atoms with Crippen molar-refractivity contribution in [2.45, 2.75) is 32.7 Å². The molecule has 2 nitrogen and oxygen atoms in total. The summed E-state index contributed by atoms with van der Waals surface area (Å²) in [5.41, 5.74) is 0. The molecule has 0 fully saturated rings. The Hall–Kier alpha value is -1.05. The van der Waals surface area contributed by atoms with Crippen LogP contribution in [0, 0.1) is 0 Å². The highest BCUT2D eigenvalue weighted by Crippen LogP contribution is 2.01. The second-order valence-electron chi connectivity index (χ2n) is 3.01. The molecule has 1 N–H and O–H groups in total. The van der Waals surface area contributed by atoms with Crippen LogP contribution in [0.3, 0.4) is 0 Å². The third kappa shape index (κ3) is 2.91. The van der Waals surface area contributed by atoms with Gasteiger partial charge in [0.1, 0.15) is 6.54 Å². The van der Waals surface area contributed by atoms with E-state index in [-0.39, 0.29) is 0 Å². The van der Waals surface area contributed by atoms with Crippen LogP contribution >= 0.6 is 0 Å². The molecule has 0 aliphatic carbocycles. The minimum atomic E-state index is 0.342. The number of hydrogen-bond donors (Lipinski definition) is 1. The van der Waals surface area contributed by atoms with Gasteiger partial charge in [-0.25, -0.2) is 4.57 Å². The first-order valence-electron chi connectivity index (χ1n) is 4.51. The van der Waals surface area contributed by atoms with Crippen LogP contribution in [-0.4, -0.2) is 5.11 Å². The third-order valence-corrected chi connectivity index (χ3v) is 1.86. The summed E-state index contributed by atoms with van der Waals surface area (Å²) < 4.78 is 2.02. The molecular formula is C10H16NO+. The lowest BCUT2D eigenvalue weighted by Crippen LogP contribution is -2.32. The van der Waals surface area contributed by atoms with Crippen LogP contribution in [0.2, 0.25) is 0 Å². The Morgan fingerprint density at radius 1 is 1.42 bits per heavy atom. The van der Waals surface area contributed by atoms with Crippen molar-refractivity contribution in [3.63, 3.8) is 0 Å². The van der Waals surface area contributed by atoms with Gasteiger partial charge in [-0.1, -0.05) is 13.3 Å². The van der Waals surface area contributed by atoms with Crippen molar-refractivity contribution in [1.82, 2.24) is 0 Å². The van der Waals surface area contributed by atoms with Crippen molar-refractivity contribution in [1.29, 1.82) is 0 Å². The lowest BCUT2D eigenvalue weighted by atomic mass is 10.2. The lowest BCUT2D eigenvalue weighted by Gasteiger charge is -1.95. The molecule has 0 radical (unpaired) electrons. The van der Waals surface area contributed by atoms with Crippen LogP contribution < -0.4 is 4.57 Å². The molecule has 2 heteroatoms. The van der Waals surface area contributed by atoms with Crippen molar-refractivity contribution < 1.29 is 9.67 Å². The molecule has 1 heterocycles. The minimum absolute atomic E-state index is 0.342. The molecule has 0 bridgehead atoms. The Morgan fingerprint density at radius 3 is 2.92 bits per heavy atom. The number of rotatable bonds is 4. The Labute approximate surface area is 73.5 Å². The number of pyridine rings is 1. The first-order chi connectivity index (χ1) is 5.83. The summed E-state index contributed by atoms with van der Waals surface area (Å²) >= 11 is 0. The van der Waals surface area contributed by atoms with E-state index in [4.69, 9.17) is 5.11 Å². The van der Waals surface area contributed by atoms with E-state index in [1.807, 2.05) is 16.8 Å². The number of unbranched alkanes of at least 4 members (excludes halogenated alkanes) is 2. The third-order valence-electron chi connectivity index (χ3n) is 1.86. The van der Waals surface area contributed by atoms with Gasteiger partial charge in [0.25, 0.3) is 0 Å². The van der Waals surface area contributed by atoms with E-state index in [2.05, 4.69) is 6.92 Å². The minimum Gasteiger partial charge on any atom is -0.503 e. The van der Waals surface area contributed by atoms with Crippen LogP contribution in [0.4, 0.5) is 0 Å². The van der Waals surface area contributed by atoms with Gasteiger partial charge >= 0.3 is 0 Å². The highest BCUT2D eigenvalue weighted by Gasteiger charge is 1.99. The summed E-state index contributed by atoms with van der Waals surface area (Å²) in [7, 11) is 0. The predicted octanol–water partition coefficient (Wildman–Crippen LogP) is 1.87. The molecule has 0 aliphatic rings. The van der Waals surface area contributed by atoms with E-state index in [1.54, 1.807) is 12.3 Å². The van der Waals surface area contributed by atoms with Crippen molar-refractivity contribution >= 4 is 0 Å². The fraction of sp³-hybridized carbons (Fsp3) is 0.500. The van der Waals surface area contributed by atoms with Crippen LogP contribution in [0.15, 0.2) is 24.5 Å². The van der Waals surface area contributed by atoms with Gasteiger partial charge in [0.05, 0.1) is 0 Å². The molecule has 1 rings (SSSR count). The van der Waals surface area contributed by atoms with Gasteiger partial charge in [0, 0.05) is 12.5 Å². The molecule has 12 heavy (non-hydrogen) atoms. The average molecular weight is 166 g/mol. The molecule has 0 aromatic carbocycles. The highest BCUT2D eigenvalue weighted by molar-refractivity contribution is 5.09. The van der Waals surface area contributed by atoms with Gasteiger partial charge in [0.15, 0.2) is 11.9 Å². The number of hydrogen-bond acceptors (Lipinski definition) is 1. The van der Waals surface area contributed by atoms with Crippen molar-refractivity contribution in [3.8, 4) is 5.75 Å². The number of aryl methyl sites for hydroxylation is 1. The average Bonchev–Trinajstić information content (AvgIpc) is 2.05. The molecule has 0 atom stereocenters. The van der Waals surface area contributed by atoms with Crippen LogP contribution in [0.25, 0.3) is 0 Å². The van der Waals surface area contributed by atoms with Crippen LogP contribution in [-0.2, 0) is 6.54 Å². The standard InChI is InChI=1S/C10H15NO/c1-2-3-4-7-11-8-5-6-10(12)9-11/h5-6,8-9H,2-4,7H2,1H3/p+1. The predicted molar refractivity (Wildman–Crippen MR) is 47.8 cm³/mol. The highest BCUT2D eigenvalue weighted by atomic mass is 16.3. The second-order valence-corrected chi connectivity index (χ2v) is 3.01. The summed E-state index contributed by atoms with van der Waals surface area (Å²) in [6, 6.07) is 3.55.